The third-order valence-corrected chi connectivity index (χ3v) is 9.91. The van der Waals surface area contributed by atoms with Crippen molar-refractivity contribution >= 4 is 46.5 Å². The van der Waals surface area contributed by atoms with Crippen LogP contribution in [0.3, 0.4) is 0 Å². The van der Waals surface area contributed by atoms with Gasteiger partial charge in [-0.2, -0.15) is 4.39 Å². The highest BCUT2D eigenvalue weighted by atomic mass is 32.1. The average molecular weight is 627 g/mol. The van der Waals surface area contributed by atoms with Crippen molar-refractivity contribution in [1.29, 1.82) is 0 Å². The van der Waals surface area contributed by atoms with Crippen molar-refractivity contribution in [1.82, 2.24) is 9.88 Å². The second-order valence-electron chi connectivity index (χ2n) is 13.3. The van der Waals surface area contributed by atoms with E-state index in [1.54, 1.807) is 11.7 Å². The fourth-order valence-electron chi connectivity index (χ4n) is 5.07. The lowest BCUT2D eigenvalue weighted by Gasteiger charge is -2.21. The number of benzene rings is 2. The van der Waals surface area contributed by atoms with E-state index in [1.165, 1.54) is 6.07 Å². The minimum Gasteiger partial charge on any atom is -0.496 e. The second kappa shape index (κ2) is 12.8. The van der Waals surface area contributed by atoms with Gasteiger partial charge >= 0.3 is 6.09 Å². The number of alkyl carbamates (subject to hydrolysis) is 1. The lowest BCUT2D eigenvalue weighted by molar-refractivity contribution is 0.0525. The molecule has 10 heteroatoms. The zero-order chi connectivity index (χ0) is 31.7. The van der Waals surface area contributed by atoms with Crippen LogP contribution in [0.15, 0.2) is 41.2 Å². The molecule has 2 heterocycles. The predicted molar refractivity (Wildman–Crippen MR) is 177 cm³/mol. The van der Waals surface area contributed by atoms with Gasteiger partial charge in [-0.1, -0.05) is 50.8 Å². The molecule has 0 fully saturated rings. The number of ether oxygens (including phenoxy) is 3. The Labute approximate surface area is 258 Å². The van der Waals surface area contributed by atoms with E-state index in [4.69, 9.17) is 14.2 Å². The summed E-state index contributed by atoms with van der Waals surface area (Å²) in [5.41, 5.74) is 3.42. The Bertz CT molecular complexity index is 1680. The zero-order valence-corrected chi connectivity index (χ0v) is 28.5. The van der Waals surface area contributed by atoms with Crippen LogP contribution in [0.4, 0.5) is 9.18 Å². The van der Waals surface area contributed by atoms with Crippen LogP contribution >= 0.6 is 11.3 Å². The number of thiophene rings is 1. The van der Waals surface area contributed by atoms with Crippen LogP contribution in [0.2, 0.25) is 25.7 Å². The van der Waals surface area contributed by atoms with Crippen molar-refractivity contribution in [2.24, 2.45) is 0 Å². The first kappa shape index (κ1) is 32.7. The van der Waals surface area contributed by atoms with Crippen molar-refractivity contribution in [2.45, 2.75) is 78.6 Å². The molecule has 232 valence electrons. The first-order valence-corrected chi connectivity index (χ1v) is 19.1. The molecule has 1 unspecified atom stereocenters. The van der Waals surface area contributed by atoms with Crippen LogP contribution in [-0.4, -0.2) is 44.6 Å². The molecule has 1 atom stereocenters. The number of methoxy groups -OCH3 is 1. The summed E-state index contributed by atoms with van der Waals surface area (Å²) in [6, 6.07) is 12.4. The molecule has 4 rings (SSSR count). The van der Waals surface area contributed by atoms with E-state index >= 15 is 0 Å². The van der Waals surface area contributed by atoms with Gasteiger partial charge in [0, 0.05) is 37.6 Å². The Balaban J connectivity index is 1.78. The highest BCUT2D eigenvalue weighted by molar-refractivity contribution is 7.17. The minimum absolute atomic E-state index is 0.0365. The summed E-state index contributed by atoms with van der Waals surface area (Å²) in [5.74, 6) is 0.671. The Hall–Kier alpha value is -3.21. The van der Waals surface area contributed by atoms with Gasteiger partial charge in [0.2, 0.25) is 0 Å². The van der Waals surface area contributed by atoms with Gasteiger partial charge in [-0.05, 0) is 68.5 Å². The van der Waals surface area contributed by atoms with Crippen molar-refractivity contribution < 1.29 is 23.4 Å². The molecule has 0 radical (unpaired) electrons. The molecule has 0 aliphatic rings. The highest BCUT2D eigenvalue weighted by Gasteiger charge is 2.23. The van der Waals surface area contributed by atoms with Gasteiger partial charge in [0.05, 0.1) is 12.6 Å². The highest BCUT2D eigenvalue weighted by Crippen LogP contribution is 2.43. The molecule has 4 aromatic rings. The number of nitrogens with zero attached hydrogens (tertiary/aromatic N) is 1. The van der Waals surface area contributed by atoms with Crippen LogP contribution < -0.4 is 15.6 Å². The third-order valence-electron chi connectivity index (χ3n) is 7.29. The normalized spacial score (nSPS) is 13.0. The standard InChI is InChI=1S/C33H43FN2O5SSi/c1-20-16-25(39-6)27(23-12-10-22(11-13-23)21(2)18-35-32(38)41-33(3,4)5)28-24-17-26(34)42-30(24)31(37)36(29(20)28)19-40-14-15-43(7,8)9/h10-13,16-17,21H,14-15,18-19H2,1-9H3,(H,35,38). The summed E-state index contributed by atoms with van der Waals surface area (Å²) < 4.78 is 34.0. The van der Waals surface area contributed by atoms with E-state index in [0.717, 1.165) is 45.0 Å². The molecule has 7 nitrogen and oxygen atoms in total. The molecular weight excluding hydrogens is 584 g/mol. The molecule has 2 aromatic heterocycles. The summed E-state index contributed by atoms with van der Waals surface area (Å²) in [6.07, 6.45) is -0.450. The van der Waals surface area contributed by atoms with E-state index in [1.807, 2.05) is 65.0 Å². The van der Waals surface area contributed by atoms with E-state index in [2.05, 4.69) is 25.0 Å². The fourth-order valence-corrected chi connectivity index (χ4v) is 6.66. The Morgan fingerprint density at radius 3 is 2.42 bits per heavy atom. The van der Waals surface area contributed by atoms with Crippen molar-refractivity contribution in [3.05, 3.63) is 63.0 Å². The summed E-state index contributed by atoms with van der Waals surface area (Å²) in [4.78, 5) is 25.8. The number of carbonyl (C=O) groups is 1. The molecule has 0 aliphatic heterocycles. The molecule has 0 spiro atoms. The maximum Gasteiger partial charge on any atom is 0.407 e. The van der Waals surface area contributed by atoms with Crippen LogP contribution in [0.25, 0.3) is 32.1 Å². The zero-order valence-electron chi connectivity index (χ0n) is 26.6. The van der Waals surface area contributed by atoms with Gasteiger partial charge in [0.25, 0.3) is 5.56 Å². The van der Waals surface area contributed by atoms with E-state index in [0.29, 0.717) is 34.5 Å². The number of hydrogen-bond acceptors (Lipinski definition) is 6. The maximum absolute atomic E-state index is 14.8. The van der Waals surface area contributed by atoms with Gasteiger partial charge in [-0.15, -0.1) is 11.3 Å². The second-order valence-corrected chi connectivity index (χ2v) is 19.9. The molecule has 0 saturated heterocycles. The van der Waals surface area contributed by atoms with Crippen LogP contribution in [0.5, 0.6) is 5.75 Å². The van der Waals surface area contributed by atoms with Gasteiger partial charge in [-0.3, -0.25) is 9.36 Å². The molecule has 1 N–H and O–H groups in total. The number of fused-ring (bicyclic) bond motifs is 3. The average Bonchev–Trinajstić information content (AvgIpc) is 3.31. The van der Waals surface area contributed by atoms with Gasteiger partial charge in [0.15, 0.2) is 5.13 Å². The quantitative estimate of drug-likeness (QED) is 0.142. The number of amides is 1. The molecule has 43 heavy (non-hydrogen) atoms. The largest absolute Gasteiger partial charge is 0.496 e. The maximum atomic E-state index is 14.8. The first-order chi connectivity index (χ1) is 20.1. The van der Waals surface area contributed by atoms with Gasteiger partial charge < -0.3 is 19.5 Å². The van der Waals surface area contributed by atoms with Crippen molar-refractivity contribution in [2.75, 3.05) is 20.3 Å². The van der Waals surface area contributed by atoms with Crippen LogP contribution in [0.1, 0.15) is 44.7 Å². The molecule has 2 aromatic carbocycles. The summed E-state index contributed by atoms with van der Waals surface area (Å²) in [7, 11) is 0.299. The van der Waals surface area contributed by atoms with Crippen molar-refractivity contribution in [3.8, 4) is 16.9 Å². The lowest BCUT2D eigenvalue weighted by atomic mass is 9.92. The number of aryl methyl sites for hydroxylation is 1. The lowest BCUT2D eigenvalue weighted by Crippen LogP contribution is -2.34. The number of nitrogens with one attached hydrogen (secondary N) is 1. The number of carbonyl (C=O) groups excluding carboxylic acids is 1. The number of halogens is 1. The number of pyridine rings is 1. The SMILES string of the molecule is COc1cc(C)c2c(c1-c1ccc(C(C)CNC(=O)OC(C)(C)C)cc1)c1cc(F)sc1c(=O)n2COCC[Si](C)(C)C. The number of hydrogen-bond donors (Lipinski definition) is 1. The van der Waals surface area contributed by atoms with Crippen LogP contribution in [-0.2, 0) is 16.2 Å². The monoisotopic (exact) mass is 626 g/mol. The molecule has 0 bridgehead atoms. The summed E-state index contributed by atoms with van der Waals surface area (Å²) >= 11 is 0.858. The third kappa shape index (κ3) is 7.66. The van der Waals surface area contributed by atoms with Gasteiger partial charge in [-0.25, -0.2) is 4.79 Å². The summed E-state index contributed by atoms with van der Waals surface area (Å²) in [6.45, 7) is 17.4. The van der Waals surface area contributed by atoms with Gasteiger partial charge in [0.1, 0.15) is 22.8 Å². The van der Waals surface area contributed by atoms with Crippen LogP contribution in [0, 0.1) is 12.1 Å². The van der Waals surface area contributed by atoms with E-state index < -0.39 is 24.9 Å². The topological polar surface area (TPSA) is 78.8 Å². The number of rotatable bonds is 10. The molecule has 0 saturated carbocycles. The molecular formula is C33H43FN2O5SSi. The molecule has 1 amide bonds. The number of aromatic nitrogens is 1. The minimum atomic E-state index is -1.32. The van der Waals surface area contributed by atoms with Crippen molar-refractivity contribution in [3.63, 3.8) is 0 Å². The predicted octanol–water partition coefficient (Wildman–Crippen LogP) is 8.28. The Morgan fingerprint density at radius 2 is 1.81 bits per heavy atom. The fraction of sp³-hybridized carbons (Fsp3) is 0.455. The first-order valence-electron chi connectivity index (χ1n) is 14.6. The Kier molecular flexibility index (Phi) is 9.73. The van der Waals surface area contributed by atoms with E-state index in [9.17, 15) is 14.0 Å². The molecule has 0 aliphatic carbocycles. The smallest absolute Gasteiger partial charge is 0.407 e. The Morgan fingerprint density at radius 1 is 1.14 bits per heavy atom. The van der Waals surface area contributed by atoms with E-state index in [-0.39, 0.29) is 18.2 Å². The summed E-state index contributed by atoms with van der Waals surface area (Å²) in [5, 5.41) is 3.74.